The summed E-state index contributed by atoms with van der Waals surface area (Å²) in [7, 11) is -2.03. The van der Waals surface area contributed by atoms with Gasteiger partial charge in [-0.05, 0) is 38.1 Å². The predicted molar refractivity (Wildman–Crippen MR) is 123 cm³/mol. The van der Waals surface area contributed by atoms with E-state index in [-0.39, 0.29) is 10.9 Å². The summed E-state index contributed by atoms with van der Waals surface area (Å²) >= 11 is 0. The molecule has 4 rings (SSSR count). The largest absolute Gasteiger partial charge is 0.439 e. The number of hydrogen-bond acceptors (Lipinski definition) is 7. The molecule has 33 heavy (non-hydrogen) atoms. The number of sulfonamides is 1. The van der Waals surface area contributed by atoms with Crippen LogP contribution in [0.5, 0.6) is 11.6 Å². The van der Waals surface area contributed by atoms with Crippen molar-refractivity contribution in [3.05, 3.63) is 66.4 Å². The number of rotatable bonds is 7. The lowest BCUT2D eigenvalue weighted by Gasteiger charge is -2.10. The molecule has 0 amide bonds. The molecule has 3 heterocycles. The Bertz CT molecular complexity index is 1390. The number of nitrogens with zero attached hydrogens (tertiary/aromatic N) is 6. The van der Waals surface area contributed by atoms with Gasteiger partial charge >= 0.3 is 0 Å². The molecule has 10 nitrogen and oxygen atoms in total. The van der Waals surface area contributed by atoms with Crippen molar-refractivity contribution in [3.63, 3.8) is 0 Å². The highest BCUT2D eigenvalue weighted by atomic mass is 32.2. The quantitative estimate of drug-likeness (QED) is 0.440. The topological polar surface area (TPSA) is 117 Å². The van der Waals surface area contributed by atoms with Crippen LogP contribution in [0.3, 0.4) is 0 Å². The first-order valence-corrected chi connectivity index (χ1v) is 11.8. The molecule has 11 heteroatoms. The maximum atomic E-state index is 12.7. The fourth-order valence-electron chi connectivity index (χ4n) is 3.36. The van der Waals surface area contributed by atoms with Crippen molar-refractivity contribution in [3.8, 4) is 17.4 Å². The summed E-state index contributed by atoms with van der Waals surface area (Å²) in [6.45, 7) is 7.59. The van der Waals surface area contributed by atoms with Gasteiger partial charge in [0.2, 0.25) is 5.88 Å². The van der Waals surface area contributed by atoms with E-state index in [9.17, 15) is 8.42 Å². The zero-order chi connectivity index (χ0) is 23.8. The number of benzene rings is 1. The van der Waals surface area contributed by atoms with Crippen molar-refractivity contribution in [2.75, 3.05) is 4.72 Å². The Labute approximate surface area is 192 Å². The lowest BCUT2D eigenvalue weighted by molar-refractivity contribution is 0.459. The number of imidazole rings is 2. The van der Waals surface area contributed by atoms with Crippen molar-refractivity contribution >= 4 is 15.7 Å². The van der Waals surface area contributed by atoms with Gasteiger partial charge in [-0.25, -0.2) is 15.0 Å². The van der Waals surface area contributed by atoms with Gasteiger partial charge in [-0.2, -0.15) is 13.4 Å². The summed E-state index contributed by atoms with van der Waals surface area (Å²) in [6.07, 6.45) is 5.02. The van der Waals surface area contributed by atoms with E-state index < -0.39 is 10.0 Å². The van der Waals surface area contributed by atoms with Gasteiger partial charge in [0.15, 0.2) is 5.03 Å². The third kappa shape index (κ3) is 4.87. The van der Waals surface area contributed by atoms with Crippen molar-refractivity contribution in [1.82, 2.24) is 29.1 Å². The molecule has 1 aromatic carbocycles. The zero-order valence-electron chi connectivity index (χ0n) is 19.0. The molecule has 0 spiro atoms. The molecule has 0 saturated heterocycles. The van der Waals surface area contributed by atoms with Crippen LogP contribution < -0.4 is 9.46 Å². The summed E-state index contributed by atoms with van der Waals surface area (Å²) in [5.74, 6) is 3.68. The van der Waals surface area contributed by atoms with Crippen molar-refractivity contribution in [2.45, 2.75) is 38.6 Å². The minimum Gasteiger partial charge on any atom is -0.439 e. The van der Waals surface area contributed by atoms with Crippen molar-refractivity contribution < 1.29 is 13.2 Å². The van der Waals surface area contributed by atoms with Crippen LogP contribution in [0.15, 0.2) is 53.9 Å². The summed E-state index contributed by atoms with van der Waals surface area (Å²) < 4.78 is 37.5. The maximum absolute atomic E-state index is 12.7. The molecule has 0 aliphatic carbocycles. The minimum atomic E-state index is -3.81. The summed E-state index contributed by atoms with van der Waals surface area (Å²) in [4.78, 5) is 17.2. The highest BCUT2D eigenvalue weighted by Gasteiger charge is 2.21. The van der Waals surface area contributed by atoms with Crippen LogP contribution in [-0.2, 0) is 17.1 Å². The van der Waals surface area contributed by atoms with Gasteiger partial charge in [0.1, 0.15) is 29.0 Å². The number of aromatic nitrogens is 6. The minimum absolute atomic E-state index is 0.0205. The van der Waals surface area contributed by atoms with Gasteiger partial charge in [0.25, 0.3) is 10.0 Å². The third-order valence-corrected chi connectivity index (χ3v) is 6.14. The number of aryl methyl sites for hydroxylation is 3. The lowest BCUT2D eigenvalue weighted by atomic mass is 10.2. The van der Waals surface area contributed by atoms with E-state index in [1.165, 1.54) is 6.20 Å². The predicted octanol–water partition coefficient (Wildman–Crippen LogP) is 3.73. The number of ether oxygens (including phenoxy) is 1. The molecule has 172 valence electrons. The number of nitrogens with one attached hydrogen (secondary N) is 1. The highest BCUT2D eigenvalue weighted by molar-refractivity contribution is 7.92. The molecule has 0 aliphatic rings. The SMILES string of the molecule is Cc1nc(Oc2ccc(NS(=O)(=O)c3cn(C)c(C(C)C)n3)cc2)cc(-n2ccnc2C)n1. The Morgan fingerprint density at radius 1 is 1.06 bits per heavy atom. The fourth-order valence-corrected chi connectivity index (χ4v) is 4.42. The van der Waals surface area contributed by atoms with Crippen LogP contribution in [-0.4, -0.2) is 37.5 Å². The van der Waals surface area contributed by atoms with E-state index in [1.807, 2.05) is 31.5 Å². The van der Waals surface area contributed by atoms with Gasteiger partial charge in [0.05, 0.1) is 0 Å². The Balaban J connectivity index is 1.51. The van der Waals surface area contributed by atoms with E-state index in [0.717, 1.165) is 5.82 Å². The molecule has 1 N–H and O–H groups in total. The monoisotopic (exact) mass is 467 g/mol. The molecule has 0 unspecified atom stereocenters. The first kappa shape index (κ1) is 22.5. The van der Waals surface area contributed by atoms with Crippen LogP contribution in [0.25, 0.3) is 5.82 Å². The highest BCUT2D eigenvalue weighted by Crippen LogP contribution is 2.25. The molecule has 0 saturated carbocycles. The van der Waals surface area contributed by atoms with E-state index in [0.29, 0.717) is 34.8 Å². The molecule has 0 bridgehead atoms. The van der Waals surface area contributed by atoms with Crippen LogP contribution in [0.4, 0.5) is 5.69 Å². The summed E-state index contributed by atoms with van der Waals surface area (Å²) in [5, 5.41) is -0.0205. The van der Waals surface area contributed by atoms with E-state index in [1.54, 1.807) is 55.1 Å². The van der Waals surface area contributed by atoms with Crippen LogP contribution in [0, 0.1) is 13.8 Å². The van der Waals surface area contributed by atoms with Crippen molar-refractivity contribution in [2.24, 2.45) is 7.05 Å². The second-order valence-corrected chi connectivity index (χ2v) is 9.52. The Morgan fingerprint density at radius 2 is 1.79 bits per heavy atom. The molecule has 0 atom stereocenters. The number of anilines is 1. The van der Waals surface area contributed by atoms with Gasteiger partial charge in [-0.1, -0.05) is 13.8 Å². The molecular weight excluding hydrogens is 442 g/mol. The second-order valence-electron chi connectivity index (χ2n) is 7.89. The van der Waals surface area contributed by atoms with Gasteiger partial charge < -0.3 is 9.30 Å². The maximum Gasteiger partial charge on any atom is 0.280 e. The molecule has 0 radical (unpaired) electrons. The van der Waals surface area contributed by atoms with Crippen molar-refractivity contribution in [1.29, 1.82) is 0 Å². The number of hydrogen-bond donors (Lipinski definition) is 1. The normalized spacial score (nSPS) is 11.7. The fraction of sp³-hybridized carbons (Fsp3) is 0.273. The third-order valence-electron chi connectivity index (χ3n) is 4.88. The van der Waals surface area contributed by atoms with Gasteiger partial charge in [0, 0.05) is 43.3 Å². The van der Waals surface area contributed by atoms with E-state index in [4.69, 9.17) is 4.74 Å². The standard InChI is InChI=1S/C22H25N7O3S/c1-14(2)22-26-21(13-28(22)5)33(30,31)27-17-6-8-18(9-7-17)32-20-12-19(24-15(3)25-20)29-11-10-23-16(29)4/h6-14,27H,1-5H3. The molecule has 0 aliphatic heterocycles. The first-order chi connectivity index (χ1) is 15.6. The van der Waals surface area contributed by atoms with E-state index in [2.05, 4.69) is 24.7 Å². The second kappa shape index (κ2) is 8.66. The first-order valence-electron chi connectivity index (χ1n) is 10.3. The zero-order valence-corrected chi connectivity index (χ0v) is 19.8. The smallest absolute Gasteiger partial charge is 0.280 e. The Kier molecular flexibility index (Phi) is 5.90. The molecule has 0 fully saturated rings. The molecule has 4 aromatic rings. The van der Waals surface area contributed by atoms with Crippen LogP contribution >= 0.6 is 0 Å². The van der Waals surface area contributed by atoms with Crippen LogP contribution in [0.2, 0.25) is 0 Å². The van der Waals surface area contributed by atoms with E-state index >= 15 is 0 Å². The Hall–Kier alpha value is -3.73. The average molecular weight is 468 g/mol. The summed E-state index contributed by atoms with van der Waals surface area (Å²) in [5.41, 5.74) is 0.396. The molecule has 3 aromatic heterocycles. The average Bonchev–Trinajstić information content (AvgIpc) is 3.35. The Morgan fingerprint density at radius 3 is 2.39 bits per heavy atom. The van der Waals surface area contributed by atoms with Gasteiger partial charge in [-0.15, -0.1) is 0 Å². The lowest BCUT2D eigenvalue weighted by Crippen LogP contribution is -2.13. The molecular formula is C22H25N7O3S. The van der Waals surface area contributed by atoms with Crippen LogP contribution in [0.1, 0.15) is 37.2 Å². The summed E-state index contributed by atoms with van der Waals surface area (Å²) in [6, 6.07) is 8.28. The van der Waals surface area contributed by atoms with Gasteiger partial charge in [-0.3, -0.25) is 9.29 Å².